The highest BCUT2D eigenvalue weighted by molar-refractivity contribution is 5.78. The minimum atomic E-state index is 0.0977. The van der Waals surface area contributed by atoms with Gasteiger partial charge in [0.2, 0.25) is 5.91 Å². The highest BCUT2D eigenvalue weighted by atomic mass is 16.1. The topological polar surface area (TPSA) is 54.9 Å². The van der Waals surface area contributed by atoms with E-state index in [0.29, 0.717) is 6.42 Å². The van der Waals surface area contributed by atoms with Crippen molar-refractivity contribution in [3.63, 3.8) is 0 Å². The molecule has 0 radical (unpaired) electrons. The van der Waals surface area contributed by atoms with Crippen LogP contribution in [0.25, 0.3) is 0 Å². The lowest BCUT2D eigenvalue weighted by Crippen LogP contribution is -2.19. The Morgan fingerprint density at radius 1 is 1.58 bits per heavy atom. The van der Waals surface area contributed by atoms with Gasteiger partial charge in [-0.3, -0.25) is 4.79 Å². The van der Waals surface area contributed by atoms with Gasteiger partial charge in [0.1, 0.15) is 6.33 Å². The molecule has 0 aromatic carbocycles. The third-order valence-corrected chi connectivity index (χ3v) is 1.96. The molecule has 1 aromatic rings. The molecule has 1 N–H and O–H groups in total. The number of nitrogens with one attached hydrogen (secondary N) is 1. The van der Waals surface area contributed by atoms with Crippen molar-refractivity contribution in [3.05, 3.63) is 24.3 Å². The maximum absolute atomic E-state index is 10.9. The first kappa shape index (κ1) is 7.21. The van der Waals surface area contributed by atoms with Crippen molar-refractivity contribution in [1.29, 1.82) is 0 Å². The molecule has 1 fully saturated rings. The molecule has 0 spiro atoms. The summed E-state index contributed by atoms with van der Waals surface area (Å²) in [5, 5.41) is 2.84. The smallest absolute Gasteiger partial charge is 0.220 e. The van der Waals surface area contributed by atoms with Crippen LogP contribution < -0.4 is 5.32 Å². The van der Waals surface area contributed by atoms with E-state index in [9.17, 15) is 4.79 Å². The third-order valence-electron chi connectivity index (χ3n) is 1.96. The number of carbonyl (C=O) groups is 1. The molecule has 1 atom stereocenters. The van der Waals surface area contributed by atoms with Gasteiger partial charge in [0, 0.05) is 12.6 Å². The van der Waals surface area contributed by atoms with Crippen LogP contribution in [0.3, 0.4) is 0 Å². The van der Waals surface area contributed by atoms with Crippen molar-refractivity contribution in [2.45, 2.75) is 18.9 Å². The molecule has 1 aromatic heterocycles. The van der Waals surface area contributed by atoms with Crippen LogP contribution >= 0.6 is 0 Å². The Balaban J connectivity index is 2.16. The number of rotatable bonds is 1. The average Bonchev–Trinajstić information content (AvgIpc) is 2.54. The zero-order valence-corrected chi connectivity index (χ0v) is 6.53. The van der Waals surface area contributed by atoms with Crippen molar-refractivity contribution in [2.75, 3.05) is 0 Å². The zero-order chi connectivity index (χ0) is 8.39. The van der Waals surface area contributed by atoms with Gasteiger partial charge in [-0.2, -0.15) is 0 Å². The minimum absolute atomic E-state index is 0.0977. The highest BCUT2D eigenvalue weighted by Crippen LogP contribution is 2.20. The SMILES string of the molecule is O=C1CCC(c2ccncn2)N1. The number of carbonyl (C=O) groups excluding carboxylic acids is 1. The summed E-state index contributed by atoms with van der Waals surface area (Å²) in [6.07, 6.45) is 4.64. The van der Waals surface area contributed by atoms with Crippen LogP contribution in [-0.2, 0) is 4.79 Å². The minimum Gasteiger partial charge on any atom is -0.348 e. The fraction of sp³-hybridized carbons (Fsp3) is 0.375. The van der Waals surface area contributed by atoms with E-state index in [1.165, 1.54) is 6.33 Å². The van der Waals surface area contributed by atoms with Crippen LogP contribution in [0.5, 0.6) is 0 Å². The second kappa shape index (κ2) is 2.89. The molecular formula is C8H9N3O. The summed E-state index contributed by atoms with van der Waals surface area (Å²) >= 11 is 0. The molecule has 0 saturated carbocycles. The molecule has 2 heterocycles. The summed E-state index contributed by atoms with van der Waals surface area (Å²) in [4.78, 5) is 18.8. The maximum atomic E-state index is 10.9. The van der Waals surface area contributed by atoms with Crippen LogP contribution in [0.15, 0.2) is 18.6 Å². The molecular weight excluding hydrogens is 154 g/mol. The molecule has 4 heteroatoms. The van der Waals surface area contributed by atoms with Gasteiger partial charge in [-0.05, 0) is 12.5 Å². The first-order chi connectivity index (χ1) is 5.86. The molecule has 12 heavy (non-hydrogen) atoms. The molecule has 4 nitrogen and oxygen atoms in total. The molecule has 1 aliphatic heterocycles. The average molecular weight is 163 g/mol. The summed E-state index contributed by atoms with van der Waals surface area (Å²) in [6.45, 7) is 0. The van der Waals surface area contributed by atoms with Crippen LogP contribution in [0, 0.1) is 0 Å². The van der Waals surface area contributed by atoms with Crippen molar-refractivity contribution < 1.29 is 4.79 Å². The van der Waals surface area contributed by atoms with Crippen molar-refractivity contribution in [3.8, 4) is 0 Å². The number of aromatic nitrogens is 2. The Hall–Kier alpha value is -1.45. The Kier molecular flexibility index (Phi) is 1.74. The standard InChI is InChI=1S/C8H9N3O/c12-8-2-1-7(11-8)6-3-4-9-5-10-6/h3-5,7H,1-2H2,(H,11,12). The largest absolute Gasteiger partial charge is 0.348 e. The van der Waals surface area contributed by atoms with Crippen molar-refractivity contribution >= 4 is 5.91 Å². The predicted molar refractivity (Wildman–Crippen MR) is 42.1 cm³/mol. The second-order valence-electron chi connectivity index (χ2n) is 2.79. The summed E-state index contributed by atoms with van der Waals surface area (Å²) in [6, 6.07) is 1.93. The molecule has 2 rings (SSSR count). The summed E-state index contributed by atoms with van der Waals surface area (Å²) in [5.74, 6) is 0.110. The van der Waals surface area contributed by atoms with Crippen LogP contribution in [0.1, 0.15) is 24.6 Å². The highest BCUT2D eigenvalue weighted by Gasteiger charge is 2.22. The molecule has 1 amide bonds. The quantitative estimate of drug-likeness (QED) is 0.653. The molecule has 1 unspecified atom stereocenters. The maximum Gasteiger partial charge on any atom is 0.220 e. The number of hydrogen-bond donors (Lipinski definition) is 1. The lowest BCUT2D eigenvalue weighted by molar-refractivity contribution is -0.119. The molecule has 1 aliphatic rings. The van der Waals surface area contributed by atoms with E-state index in [1.807, 2.05) is 6.07 Å². The Bertz CT molecular complexity index is 286. The Labute approximate surface area is 70.0 Å². The molecule has 0 aliphatic carbocycles. The molecule has 0 bridgehead atoms. The number of hydrogen-bond acceptors (Lipinski definition) is 3. The Morgan fingerprint density at radius 3 is 3.08 bits per heavy atom. The molecule has 1 saturated heterocycles. The lowest BCUT2D eigenvalue weighted by atomic mass is 10.1. The van der Waals surface area contributed by atoms with E-state index < -0.39 is 0 Å². The monoisotopic (exact) mass is 163 g/mol. The second-order valence-corrected chi connectivity index (χ2v) is 2.79. The van der Waals surface area contributed by atoms with Crippen LogP contribution in [0.4, 0.5) is 0 Å². The van der Waals surface area contributed by atoms with Crippen LogP contribution in [0.2, 0.25) is 0 Å². The van der Waals surface area contributed by atoms with E-state index in [1.54, 1.807) is 6.20 Å². The van der Waals surface area contributed by atoms with Gasteiger partial charge in [-0.15, -0.1) is 0 Å². The normalized spacial score (nSPS) is 22.3. The van der Waals surface area contributed by atoms with Gasteiger partial charge in [0.15, 0.2) is 0 Å². The third kappa shape index (κ3) is 1.28. The number of amides is 1. The zero-order valence-electron chi connectivity index (χ0n) is 6.53. The van der Waals surface area contributed by atoms with E-state index in [0.717, 1.165) is 12.1 Å². The Morgan fingerprint density at radius 2 is 2.50 bits per heavy atom. The van der Waals surface area contributed by atoms with Gasteiger partial charge in [0.25, 0.3) is 0 Å². The summed E-state index contributed by atoms with van der Waals surface area (Å²) < 4.78 is 0. The van der Waals surface area contributed by atoms with E-state index in [-0.39, 0.29) is 11.9 Å². The van der Waals surface area contributed by atoms with Gasteiger partial charge in [-0.25, -0.2) is 9.97 Å². The molecule has 62 valence electrons. The van der Waals surface area contributed by atoms with E-state index in [2.05, 4.69) is 15.3 Å². The predicted octanol–water partition coefficient (Wildman–Crippen LogP) is 0.428. The summed E-state index contributed by atoms with van der Waals surface area (Å²) in [7, 11) is 0. The van der Waals surface area contributed by atoms with Crippen molar-refractivity contribution in [1.82, 2.24) is 15.3 Å². The van der Waals surface area contributed by atoms with Gasteiger partial charge >= 0.3 is 0 Å². The van der Waals surface area contributed by atoms with Crippen LogP contribution in [-0.4, -0.2) is 15.9 Å². The number of nitrogens with zero attached hydrogens (tertiary/aromatic N) is 2. The van der Waals surface area contributed by atoms with Gasteiger partial charge in [-0.1, -0.05) is 0 Å². The van der Waals surface area contributed by atoms with Crippen molar-refractivity contribution in [2.24, 2.45) is 0 Å². The van der Waals surface area contributed by atoms with E-state index >= 15 is 0 Å². The fourth-order valence-corrected chi connectivity index (χ4v) is 1.34. The first-order valence-electron chi connectivity index (χ1n) is 3.91. The van der Waals surface area contributed by atoms with Gasteiger partial charge < -0.3 is 5.32 Å². The lowest BCUT2D eigenvalue weighted by Gasteiger charge is -2.06. The summed E-state index contributed by atoms with van der Waals surface area (Å²) in [5.41, 5.74) is 0.899. The first-order valence-corrected chi connectivity index (χ1v) is 3.91. The fourth-order valence-electron chi connectivity index (χ4n) is 1.34. The van der Waals surface area contributed by atoms with Gasteiger partial charge in [0.05, 0.1) is 11.7 Å². The van der Waals surface area contributed by atoms with E-state index in [4.69, 9.17) is 0 Å².